The quantitative estimate of drug-likeness (QED) is 0.815. The first kappa shape index (κ1) is 10.7. The predicted molar refractivity (Wildman–Crippen MR) is 63.0 cm³/mol. The number of sulfonamides is 1. The summed E-state index contributed by atoms with van der Waals surface area (Å²) < 4.78 is 24.4. The molecular weight excluding hydrogens is 228 g/mol. The number of aromatic nitrogens is 1. The number of pyridine rings is 1. The maximum atomic E-state index is 11.5. The van der Waals surface area contributed by atoms with Crippen molar-refractivity contribution in [3.63, 3.8) is 0 Å². The minimum absolute atomic E-state index is 0.241. The van der Waals surface area contributed by atoms with E-state index in [0.717, 1.165) is 11.6 Å². The van der Waals surface area contributed by atoms with Crippen LogP contribution in [0.25, 0.3) is 10.8 Å². The van der Waals surface area contributed by atoms with Crippen LogP contribution in [0.15, 0.2) is 35.3 Å². The van der Waals surface area contributed by atoms with Crippen LogP contribution in [-0.4, -0.2) is 19.7 Å². The molecule has 0 fully saturated rings. The Labute approximate surface area is 92.2 Å². The minimum atomic E-state index is -3.32. The van der Waals surface area contributed by atoms with E-state index in [9.17, 15) is 13.2 Å². The molecule has 6 heteroatoms. The second kappa shape index (κ2) is 3.64. The number of hydrogen-bond acceptors (Lipinski definition) is 3. The summed E-state index contributed by atoms with van der Waals surface area (Å²) in [5.41, 5.74) is 0.140. The van der Waals surface area contributed by atoms with Gasteiger partial charge in [0.25, 0.3) is 5.56 Å². The van der Waals surface area contributed by atoms with Gasteiger partial charge in [-0.2, -0.15) is 0 Å². The van der Waals surface area contributed by atoms with Crippen LogP contribution in [0.2, 0.25) is 0 Å². The van der Waals surface area contributed by atoms with Gasteiger partial charge in [-0.3, -0.25) is 9.52 Å². The fourth-order valence-corrected chi connectivity index (χ4v) is 2.02. The molecule has 2 rings (SSSR count). The molecule has 2 aromatic rings. The SMILES string of the molecule is CS(=O)(=O)Nc1ccc2cc[nH]c(=O)c2c1. The summed E-state index contributed by atoms with van der Waals surface area (Å²) in [7, 11) is -3.32. The molecule has 0 radical (unpaired) electrons. The summed E-state index contributed by atoms with van der Waals surface area (Å²) >= 11 is 0. The van der Waals surface area contributed by atoms with Gasteiger partial charge < -0.3 is 4.98 Å². The highest BCUT2D eigenvalue weighted by atomic mass is 32.2. The minimum Gasteiger partial charge on any atom is -0.329 e. The van der Waals surface area contributed by atoms with E-state index in [2.05, 4.69) is 9.71 Å². The number of fused-ring (bicyclic) bond motifs is 1. The molecule has 0 bridgehead atoms. The standard InChI is InChI=1S/C10H10N2O3S/c1-16(14,15)12-8-3-2-7-4-5-11-10(13)9(7)6-8/h2-6,12H,1H3,(H,11,13). The third-order valence-corrected chi connectivity index (χ3v) is 2.68. The second-order valence-electron chi connectivity index (χ2n) is 3.48. The van der Waals surface area contributed by atoms with Crippen LogP contribution in [0.4, 0.5) is 5.69 Å². The molecule has 84 valence electrons. The molecule has 1 heterocycles. The maximum Gasteiger partial charge on any atom is 0.255 e. The van der Waals surface area contributed by atoms with E-state index in [-0.39, 0.29) is 5.56 Å². The van der Waals surface area contributed by atoms with Crippen LogP contribution in [0.1, 0.15) is 0 Å². The smallest absolute Gasteiger partial charge is 0.255 e. The average Bonchev–Trinajstić information content (AvgIpc) is 2.17. The van der Waals surface area contributed by atoms with E-state index in [1.807, 2.05) is 0 Å². The Kier molecular flexibility index (Phi) is 2.43. The van der Waals surface area contributed by atoms with E-state index in [4.69, 9.17) is 0 Å². The van der Waals surface area contributed by atoms with Crippen LogP contribution in [0.5, 0.6) is 0 Å². The molecule has 0 aliphatic carbocycles. The molecule has 2 N–H and O–H groups in total. The van der Waals surface area contributed by atoms with Gasteiger partial charge in [-0.25, -0.2) is 8.42 Å². The largest absolute Gasteiger partial charge is 0.329 e. The summed E-state index contributed by atoms with van der Waals surface area (Å²) in [5.74, 6) is 0. The second-order valence-corrected chi connectivity index (χ2v) is 5.23. The third kappa shape index (κ3) is 2.22. The lowest BCUT2D eigenvalue weighted by atomic mass is 10.1. The molecule has 0 spiro atoms. The van der Waals surface area contributed by atoms with Crippen molar-refractivity contribution in [1.29, 1.82) is 0 Å². The van der Waals surface area contributed by atoms with Crippen molar-refractivity contribution in [2.45, 2.75) is 0 Å². The van der Waals surface area contributed by atoms with Crippen molar-refractivity contribution in [2.24, 2.45) is 0 Å². The lowest BCUT2D eigenvalue weighted by molar-refractivity contribution is 0.607. The van der Waals surface area contributed by atoms with Gasteiger partial charge in [-0.1, -0.05) is 6.07 Å². The Morgan fingerprint density at radius 3 is 2.69 bits per heavy atom. The molecule has 16 heavy (non-hydrogen) atoms. The zero-order valence-corrected chi connectivity index (χ0v) is 9.34. The summed E-state index contributed by atoms with van der Waals surface area (Å²) in [6.07, 6.45) is 2.61. The number of benzene rings is 1. The van der Waals surface area contributed by atoms with Crippen molar-refractivity contribution < 1.29 is 8.42 Å². The van der Waals surface area contributed by atoms with Gasteiger partial charge in [-0.05, 0) is 23.6 Å². The molecule has 0 aliphatic heterocycles. The number of H-pyrrole nitrogens is 1. The molecule has 0 saturated heterocycles. The molecule has 0 atom stereocenters. The summed E-state index contributed by atoms with van der Waals surface area (Å²) in [6, 6.07) is 6.57. The van der Waals surface area contributed by atoms with E-state index >= 15 is 0 Å². The van der Waals surface area contributed by atoms with Crippen molar-refractivity contribution >= 4 is 26.5 Å². The van der Waals surface area contributed by atoms with E-state index < -0.39 is 10.0 Å². The fraction of sp³-hybridized carbons (Fsp3) is 0.100. The van der Waals surface area contributed by atoms with Gasteiger partial charge in [-0.15, -0.1) is 0 Å². The highest BCUT2D eigenvalue weighted by molar-refractivity contribution is 7.92. The lowest BCUT2D eigenvalue weighted by Gasteiger charge is -2.04. The summed E-state index contributed by atoms with van der Waals surface area (Å²) in [6.45, 7) is 0. The fourth-order valence-electron chi connectivity index (χ4n) is 1.46. The van der Waals surface area contributed by atoms with Crippen LogP contribution >= 0.6 is 0 Å². The highest BCUT2D eigenvalue weighted by Crippen LogP contribution is 2.16. The number of nitrogens with one attached hydrogen (secondary N) is 2. The molecular formula is C10H10N2O3S. The number of rotatable bonds is 2. The van der Waals surface area contributed by atoms with Gasteiger partial charge in [0.2, 0.25) is 10.0 Å². The van der Waals surface area contributed by atoms with E-state index in [0.29, 0.717) is 11.1 Å². The average molecular weight is 238 g/mol. The maximum absolute atomic E-state index is 11.5. The van der Waals surface area contributed by atoms with Crippen LogP contribution < -0.4 is 10.3 Å². The normalized spacial score (nSPS) is 11.6. The number of aromatic amines is 1. The predicted octanol–water partition coefficient (Wildman–Crippen LogP) is 0.900. The Morgan fingerprint density at radius 2 is 2.00 bits per heavy atom. The molecule has 5 nitrogen and oxygen atoms in total. The Hall–Kier alpha value is -1.82. The summed E-state index contributed by atoms with van der Waals surface area (Å²) in [5, 5.41) is 1.22. The van der Waals surface area contributed by atoms with Crippen molar-refractivity contribution in [1.82, 2.24) is 4.98 Å². The van der Waals surface area contributed by atoms with Gasteiger partial charge in [0.05, 0.1) is 6.26 Å². The molecule has 0 unspecified atom stereocenters. The van der Waals surface area contributed by atoms with E-state index in [1.54, 1.807) is 24.4 Å². The van der Waals surface area contributed by atoms with Crippen LogP contribution in [0, 0.1) is 0 Å². The third-order valence-electron chi connectivity index (χ3n) is 2.08. The molecule has 1 aromatic carbocycles. The number of anilines is 1. The Bertz CT molecular complexity index is 689. The lowest BCUT2D eigenvalue weighted by Crippen LogP contribution is -2.10. The van der Waals surface area contributed by atoms with Crippen LogP contribution in [0.3, 0.4) is 0 Å². The van der Waals surface area contributed by atoms with Crippen molar-refractivity contribution in [2.75, 3.05) is 11.0 Å². The number of hydrogen-bond donors (Lipinski definition) is 2. The molecule has 0 amide bonds. The van der Waals surface area contributed by atoms with Crippen molar-refractivity contribution in [3.8, 4) is 0 Å². The Balaban J connectivity index is 2.60. The highest BCUT2D eigenvalue weighted by Gasteiger charge is 2.04. The Morgan fingerprint density at radius 1 is 1.25 bits per heavy atom. The van der Waals surface area contributed by atoms with Gasteiger partial charge >= 0.3 is 0 Å². The molecule has 0 aliphatic rings. The van der Waals surface area contributed by atoms with Crippen LogP contribution in [-0.2, 0) is 10.0 Å². The first-order valence-electron chi connectivity index (χ1n) is 4.55. The van der Waals surface area contributed by atoms with Gasteiger partial charge in [0.15, 0.2) is 0 Å². The van der Waals surface area contributed by atoms with Gasteiger partial charge in [0.1, 0.15) is 0 Å². The van der Waals surface area contributed by atoms with E-state index in [1.165, 1.54) is 6.07 Å². The van der Waals surface area contributed by atoms with Gasteiger partial charge in [0, 0.05) is 17.3 Å². The van der Waals surface area contributed by atoms with Crippen molar-refractivity contribution in [3.05, 3.63) is 40.8 Å². The topological polar surface area (TPSA) is 79.0 Å². The zero-order chi connectivity index (χ0) is 11.8. The monoisotopic (exact) mass is 238 g/mol. The first-order chi connectivity index (χ1) is 7.46. The molecule has 1 aromatic heterocycles. The zero-order valence-electron chi connectivity index (χ0n) is 8.52. The first-order valence-corrected chi connectivity index (χ1v) is 6.44. The molecule has 0 saturated carbocycles. The summed E-state index contributed by atoms with van der Waals surface area (Å²) in [4.78, 5) is 14.0.